The molecule has 0 heterocycles. The highest BCUT2D eigenvalue weighted by molar-refractivity contribution is 4.82. The normalized spacial score (nSPS) is 22.2. The van der Waals surface area contributed by atoms with E-state index in [0.717, 1.165) is 25.0 Å². The zero-order chi connectivity index (χ0) is 13.5. The van der Waals surface area contributed by atoms with Gasteiger partial charge in [0.2, 0.25) is 0 Å². The van der Waals surface area contributed by atoms with Crippen LogP contribution in [0.4, 0.5) is 0 Å². The SMILES string of the molecule is CN(C)CCOC(C1CCCCC1)C1CCCCC1.[Cl-]. The van der Waals surface area contributed by atoms with Crippen molar-refractivity contribution >= 4 is 0 Å². The minimum atomic E-state index is 0. The topological polar surface area (TPSA) is 12.5 Å². The van der Waals surface area contributed by atoms with E-state index in [1.165, 1.54) is 64.2 Å². The molecule has 2 saturated carbocycles. The van der Waals surface area contributed by atoms with Gasteiger partial charge in [-0.15, -0.1) is 0 Å². The standard InChI is InChI=1S/C17H33NO.ClH/c1-18(2)13-14-19-17(15-9-5-3-6-10-15)16-11-7-4-8-12-16;/h15-17H,3-14H2,1-2H3;1H/p-1. The molecule has 20 heavy (non-hydrogen) atoms. The molecule has 0 radical (unpaired) electrons. The maximum absolute atomic E-state index is 6.39. The summed E-state index contributed by atoms with van der Waals surface area (Å²) in [4.78, 5) is 2.23. The van der Waals surface area contributed by atoms with E-state index in [1.54, 1.807) is 0 Å². The predicted molar refractivity (Wildman–Crippen MR) is 81.4 cm³/mol. The largest absolute Gasteiger partial charge is 1.00 e. The minimum Gasteiger partial charge on any atom is -1.00 e. The monoisotopic (exact) mass is 302 g/mol. The predicted octanol–water partition coefficient (Wildman–Crippen LogP) is 1.10. The van der Waals surface area contributed by atoms with E-state index in [1.807, 2.05) is 0 Å². The summed E-state index contributed by atoms with van der Waals surface area (Å²) in [6, 6.07) is 0. The molecule has 0 spiro atoms. The van der Waals surface area contributed by atoms with E-state index in [0.29, 0.717) is 6.10 Å². The van der Waals surface area contributed by atoms with Gasteiger partial charge in [0.1, 0.15) is 0 Å². The molecule has 3 heteroatoms. The van der Waals surface area contributed by atoms with Crippen molar-refractivity contribution in [3.8, 4) is 0 Å². The number of nitrogens with zero attached hydrogens (tertiary/aromatic N) is 1. The van der Waals surface area contributed by atoms with E-state index in [9.17, 15) is 0 Å². The summed E-state index contributed by atoms with van der Waals surface area (Å²) in [5.74, 6) is 1.72. The summed E-state index contributed by atoms with van der Waals surface area (Å²) in [7, 11) is 4.28. The van der Waals surface area contributed by atoms with Gasteiger partial charge >= 0.3 is 0 Å². The van der Waals surface area contributed by atoms with E-state index < -0.39 is 0 Å². The van der Waals surface area contributed by atoms with Crippen molar-refractivity contribution in [3.63, 3.8) is 0 Å². The Kier molecular flexibility index (Phi) is 9.15. The van der Waals surface area contributed by atoms with E-state index in [-0.39, 0.29) is 12.4 Å². The molecular weight excluding hydrogens is 270 g/mol. The third kappa shape index (κ3) is 5.91. The highest BCUT2D eigenvalue weighted by Gasteiger charge is 2.32. The lowest BCUT2D eigenvalue weighted by Crippen LogP contribution is -3.00. The van der Waals surface area contributed by atoms with Crippen molar-refractivity contribution in [2.45, 2.75) is 70.3 Å². The van der Waals surface area contributed by atoms with Crippen molar-refractivity contribution in [1.82, 2.24) is 4.90 Å². The Morgan fingerprint density at radius 1 is 0.850 bits per heavy atom. The van der Waals surface area contributed by atoms with Crippen LogP contribution in [0.3, 0.4) is 0 Å². The number of rotatable bonds is 6. The third-order valence-corrected chi connectivity index (χ3v) is 5.08. The lowest BCUT2D eigenvalue weighted by Gasteiger charge is -2.37. The first-order valence-corrected chi connectivity index (χ1v) is 8.53. The average Bonchev–Trinajstić information content (AvgIpc) is 2.45. The van der Waals surface area contributed by atoms with Crippen LogP contribution in [0.5, 0.6) is 0 Å². The highest BCUT2D eigenvalue weighted by atomic mass is 35.5. The lowest BCUT2D eigenvalue weighted by molar-refractivity contribution is -0.0498. The van der Waals surface area contributed by atoms with Crippen LogP contribution in [0, 0.1) is 11.8 Å². The third-order valence-electron chi connectivity index (χ3n) is 5.08. The van der Waals surface area contributed by atoms with Gasteiger partial charge in [-0.05, 0) is 51.6 Å². The van der Waals surface area contributed by atoms with Crippen LogP contribution >= 0.6 is 0 Å². The molecule has 2 rings (SSSR count). The van der Waals surface area contributed by atoms with Crippen LogP contribution in [-0.2, 0) is 4.74 Å². The van der Waals surface area contributed by atoms with Crippen LogP contribution in [0.25, 0.3) is 0 Å². The van der Waals surface area contributed by atoms with E-state index >= 15 is 0 Å². The summed E-state index contributed by atoms with van der Waals surface area (Å²) >= 11 is 0. The molecule has 2 aliphatic rings. The maximum Gasteiger partial charge on any atom is 0.0632 e. The van der Waals surface area contributed by atoms with Crippen molar-refractivity contribution in [3.05, 3.63) is 0 Å². The molecule has 2 nitrogen and oxygen atoms in total. The second kappa shape index (κ2) is 10.0. The molecule has 120 valence electrons. The van der Waals surface area contributed by atoms with Crippen molar-refractivity contribution in [2.75, 3.05) is 27.2 Å². The molecule has 0 N–H and O–H groups in total. The molecular formula is C17H33ClNO-. The average molecular weight is 303 g/mol. The van der Waals surface area contributed by atoms with Crippen LogP contribution in [-0.4, -0.2) is 38.3 Å². The smallest absolute Gasteiger partial charge is 0.0632 e. The summed E-state index contributed by atoms with van der Waals surface area (Å²) in [5, 5.41) is 0. The number of halogens is 1. The Labute approximate surface area is 132 Å². The first-order chi connectivity index (χ1) is 9.27. The molecule has 2 aliphatic carbocycles. The van der Waals surface area contributed by atoms with Gasteiger partial charge in [0.25, 0.3) is 0 Å². The molecule has 0 aromatic heterocycles. The van der Waals surface area contributed by atoms with Gasteiger partial charge in [-0.3, -0.25) is 0 Å². The first kappa shape index (κ1) is 18.3. The summed E-state index contributed by atoms with van der Waals surface area (Å²) in [5.41, 5.74) is 0. The fourth-order valence-electron chi connectivity index (χ4n) is 3.95. The second-order valence-electron chi connectivity index (χ2n) is 6.93. The fraction of sp³-hybridized carbons (Fsp3) is 1.00. The fourth-order valence-corrected chi connectivity index (χ4v) is 3.95. The summed E-state index contributed by atoms with van der Waals surface area (Å²) < 4.78 is 6.39. The number of likely N-dealkylation sites (N-methyl/N-ethyl adjacent to an activating group) is 1. The zero-order valence-electron chi connectivity index (χ0n) is 13.5. The summed E-state index contributed by atoms with van der Waals surface area (Å²) in [6.45, 7) is 1.99. The molecule has 0 saturated heterocycles. The van der Waals surface area contributed by atoms with Gasteiger partial charge < -0.3 is 22.0 Å². The molecule has 0 aromatic carbocycles. The zero-order valence-corrected chi connectivity index (χ0v) is 14.2. The van der Waals surface area contributed by atoms with Crippen molar-refractivity contribution in [2.24, 2.45) is 11.8 Å². The highest BCUT2D eigenvalue weighted by Crippen LogP contribution is 2.37. The first-order valence-electron chi connectivity index (χ1n) is 8.53. The van der Waals surface area contributed by atoms with Gasteiger partial charge in [-0.1, -0.05) is 38.5 Å². The summed E-state index contributed by atoms with van der Waals surface area (Å²) in [6.07, 6.45) is 14.9. The van der Waals surface area contributed by atoms with Gasteiger partial charge in [-0.2, -0.15) is 0 Å². The Hall–Kier alpha value is 0.210. The molecule has 2 fully saturated rings. The van der Waals surface area contributed by atoms with Gasteiger partial charge in [0.05, 0.1) is 12.7 Å². The Bertz CT molecular complexity index is 217. The molecule has 0 bridgehead atoms. The van der Waals surface area contributed by atoms with Gasteiger partial charge in [0.15, 0.2) is 0 Å². The lowest BCUT2D eigenvalue weighted by atomic mass is 9.75. The number of hydrogen-bond donors (Lipinski definition) is 0. The number of ether oxygens (including phenoxy) is 1. The Morgan fingerprint density at radius 2 is 1.30 bits per heavy atom. The van der Waals surface area contributed by atoms with E-state index in [2.05, 4.69) is 19.0 Å². The van der Waals surface area contributed by atoms with Crippen LogP contribution in [0.1, 0.15) is 64.2 Å². The maximum atomic E-state index is 6.39. The van der Waals surface area contributed by atoms with Crippen LogP contribution < -0.4 is 12.4 Å². The molecule has 0 unspecified atom stereocenters. The quantitative estimate of drug-likeness (QED) is 0.728. The number of hydrogen-bond acceptors (Lipinski definition) is 2. The van der Waals surface area contributed by atoms with Gasteiger partial charge in [-0.25, -0.2) is 0 Å². The van der Waals surface area contributed by atoms with Crippen LogP contribution in [0.15, 0.2) is 0 Å². The van der Waals surface area contributed by atoms with Crippen molar-refractivity contribution < 1.29 is 17.1 Å². The van der Waals surface area contributed by atoms with Crippen molar-refractivity contribution in [1.29, 1.82) is 0 Å². The molecule has 0 amide bonds. The van der Waals surface area contributed by atoms with Gasteiger partial charge in [0, 0.05) is 6.54 Å². The Balaban J connectivity index is 0.00000200. The second-order valence-corrected chi connectivity index (χ2v) is 6.93. The molecule has 0 aromatic rings. The van der Waals surface area contributed by atoms with Crippen LogP contribution in [0.2, 0.25) is 0 Å². The van der Waals surface area contributed by atoms with E-state index in [4.69, 9.17) is 4.74 Å². The molecule has 0 aliphatic heterocycles. The molecule has 0 atom stereocenters. The minimum absolute atomic E-state index is 0. The Morgan fingerprint density at radius 3 is 1.70 bits per heavy atom.